The summed E-state index contributed by atoms with van der Waals surface area (Å²) in [5.74, 6) is -1.16. The lowest BCUT2D eigenvalue weighted by atomic mass is 9.95. The van der Waals surface area contributed by atoms with Gasteiger partial charge in [0, 0.05) is 35.5 Å². The largest absolute Gasteiger partial charge is 0.507 e. The SMILES string of the molecule is CCOc1ccc(C(O)=C2C(=O)C(=O)N(CCCn3ccnc3)[C@@H]2c2ccc(Br)cc2)cc1Cl. The Labute approximate surface area is 210 Å². The van der Waals surface area contributed by atoms with Crippen LogP contribution in [0.4, 0.5) is 0 Å². The van der Waals surface area contributed by atoms with E-state index in [1.165, 1.54) is 11.0 Å². The highest BCUT2D eigenvalue weighted by Crippen LogP contribution is 2.40. The van der Waals surface area contributed by atoms with Crippen LogP contribution in [0.2, 0.25) is 5.02 Å². The number of hydrogen-bond donors (Lipinski definition) is 1. The van der Waals surface area contributed by atoms with Crippen LogP contribution in [-0.4, -0.2) is 44.4 Å². The van der Waals surface area contributed by atoms with Crippen molar-refractivity contribution in [2.45, 2.75) is 25.9 Å². The molecule has 3 aromatic rings. The van der Waals surface area contributed by atoms with Crippen molar-refractivity contribution in [1.29, 1.82) is 0 Å². The molecule has 0 spiro atoms. The molecule has 0 saturated carbocycles. The molecule has 176 valence electrons. The van der Waals surface area contributed by atoms with Crippen LogP contribution in [0.15, 0.2) is 71.2 Å². The van der Waals surface area contributed by atoms with Crippen molar-refractivity contribution in [3.05, 3.63) is 87.4 Å². The molecule has 2 aromatic carbocycles. The van der Waals surface area contributed by atoms with Gasteiger partial charge in [0.1, 0.15) is 11.5 Å². The number of benzene rings is 2. The zero-order chi connectivity index (χ0) is 24.2. The number of nitrogens with zero attached hydrogens (tertiary/aromatic N) is 3. The molecule has 4 rings (SSSR count). The third kappa shape index (κ3) is 4.88. The predicted octanol–water partition coefficient (Wildman–Crippen LogP) is 5.21. The van der Waals surface area contributed by atoms with Gasteiger partial charge in [0.05, 0.1) is 29.6 Å². The highest BCUT2D eigenvalue weighted by molar-refractivity contribution is 9.10. The van der Waals surface area contributed by atoms with Gasteiger partial charge in [-0.05, 0) is 49.2 Å². The first-order chi connectivity index (χ1) is 16.4. The number of carbonyl (C=O) groups is 2. The number of amides is 1. The Morgan fingerprint density at radius 3 is 2.59 bits per heavy atom. The molecule has 2 heterocycles. The summed E-state index contributed by atoms with van der Waals surface area (Å²) < 4.78 is 8.24. The van der Waals surface area contributed by atoms with Gasteiger partial charge in [0.2, 0.25) is 0 Å². The lowest BCUT2D eigenvalue weighted by Crippen LogP contribution is -2.31. The number of aromatic nitrogens is 2. The van der Waals surface area contributed by atoms with Gasteiger partial charge in [-0.15, -0.1) is 0 Å². The van der Waals surface area contributed by atoms with Crippen molar-refractivity contribution in [3.8, 4) is 5.75 Å². The van der Waals surface area contributed by atoms with Gasteiger partial charge in [-0.3, -0.25) is 9.59 Å². The maximum Gasteiger partial charge on any atom is 0.295 e. The average molecular weight is 545 g/mol. The normalized spacial score (nSPS) is 17.4. The number of imidazole rings is 1. The fourth-order valence-corrected chi connectivity index (χ4v) is 4.52. The topological polar surface area (TPSA) is 84.7 Å². The predicted molar refractivity (Wildman–Crippen MR) is 133 cm³/mol. The van der Waals surface area contributed by atoms with Crippen LogP contribution in [0.3, 0.4) is 0 Å². The molecular formula is C25H23BrClN3O4. The van der Waals surface area contributed by atoms with Crippen LogP contribution < -0.4 is 4.74 Å². The van der Waals surface area contributed by atoms with E-state index in [2.05, 4.69) is 20.9 Å². The van der Waals surface area contributed by atoms with Crippen LogP contribution >= 0.6 is 27.5 Å². The zero-order valence-corrected chi connectivity index (χ0v) is 20.8. The van der Waals surface area contributed by atoms with Crippen molar-refractivity contribution in [2.24, 2.45) is 0 Å². The summed E-state index contributed by atoms with van der Waals surface area (Å²) in [5.41, 5.74) is 1.10. The molecule has 0 radical (unpaired) electrons. The number of aliphatic hydroxyl groups excluding tert-OH is 1. The number of rotatable bonds is 8. The van der Waals surface area contributed by atoms with Crippen LogP contribution in [-0.2, 0) is 16.1 Å². The molecule has 0 bridgehead atoms. The van der Waals surface area contributed by atoms with Crippen LogP contribution in [0.1, 0.15) is 30.5 Å². The lowest BCUT2D eigenvalue weighted by molar-refractivity contribution is -0.139. The maximum atomic E-state index is 13.1. The summed E-state index contributed by atoms with van der Waals surface area (Å²) in [7, 11) is 0. The van der Waals surface area contributed by atoms with E-state index in [1.807, 2.05) is 42.0 Å². The van der Waals surface area contributed by atoms with E-state index in [4.69, 9.17) is 16.3 Å². The number of aryl methyl sites for hydroxylation is 1. The van der Waals surface area contributed by atoms with Crippen molar-refractivity contribution in [2.75, 3.05) is 13.2 Å². The van der Waals surface area contributed by atoms with E-state index in [9.17, 15) is 14.7 Å². The van der Waals surface area contributed by atoms with Crippen LogP contribution in [0.5, 0.6) is 5.75 Å². The van der Waals surface area contributed by atoms with Crippen LogP contribution in [0.25, 0.3) is 5.76 Å². The third-order valence-electron chi connectivity index (χ3n) is 5.61. The molecule has 1 fully saturated rings. The number of ether oxygens (including phenoxy) is 1. The second-order valence-electron chi connectivity index (χ2n) is 7.78. The lowest BCUT2D eigenvalue weighted by Gasteiger charge is -2.25. The van der Waals surface area contributed by atoms with Gasteiger partial charge in [0.15, 0.2) is 0 Å². The van der Waals surface area contributed by atoms with E-state index < -0.39 is 17.7 Å². The van der Waals surface area contributed by atoms with Crippen LogP contribution in [0, 0.1) is 0 Å². The minimum Gasteiger partial charge on any atom is -0.507 e. The van der Waals surface area contributed by atoms with Crippen molar-refractivity contribution in [3.63, 3.8) is 0 Å². The molecule has 9 heteroatoms. The second kappa shape index (κ2) is 10.4. The molecule has 0 unspecified atom stereocenters. The Bertz CT molecular complexity index is 1230. The number of ketones is 1. The molecule has 7 nitrogen and oxygen atoms in total. The Hall–Kier alpha value is -3.10. The number of carbonyl (C=O) groups excluding carboxylic acids is 2. The highest BCUT2D eigenvalue weighted by Gasteiger charge is 2.45. The van der Waals surface area contributed by atoms with Gasteiger partial charge in [-0.1, -0.05) is 39.7 Å². The standard InChI is InChI=1S/C25H23BrClN3O4/c1-2-34-20-9-6-17(14-19(20)27)23(31)21-22(16-4-7-18(26)8-5-16)30(25(33)24(21)32)12-3-11-29-13-10-28-15-29/h4-10,13-15,22,31H,2-3,11-12H2,1H3/t22-/m1/s1. The van der Waals surface area contributed by atoms with Gasteiger partial charge in [-0.25, -0.2) is 4.98 Å². The molecule has 1 atom stereocenters. The summed E-state index contributed by atoms with van der Waals surface area (Å²) >= 11 is 9.73. The Balaban J connectivity index is 1.73. The van der Waals surface area contributed by atoms with E-state index in [0.717, 1.165) is 10.0 Å². The van der Waals surface area contributed by atoms with Crippen molar-refractivity contribution < 1.29 is 19.4 Å². The number of likely N-dealkylation sites (tertiary alicyclic amines) is 1. The fraction of sp³-hybridized carbons (Fsp3) is 0.240. The molecule has 1 amide bonds. The molecule has 1 aliphatic rings. The quantitative estimate of drug-likeness (QED) is 0.239. The Kier molecular flexibility index (Phi) is 7.38. The molecule has 34 heavy (non-hydrogen) atoms. The summed E-state index contributed by atoms with van der Waals surface area (Å²) in [5, 5.41) is 11.5. The Morgan fingerprint density at radius 2 is 1.94 bits per heavy atom. The van der Waals surface area contributed by atoms with E-state index in [0.29, 0.717) is 42.5 Å². The molecule has 0 aliphatic carbocycles. The second-order valence-corrected chi connectivity index (χ2v) is 9.10. The smallest absolute Gasteiger partial charge is 0.295 e. The summed E-state index contributed by atoms with van der Waals surface area (Å²) in [6, 6.07) is 11.4. The first kappa shape index (κ1) is 24.0. The van der Waals surface area contributed by atoms with E-state index in [1.54, 1.807) is 24.7 Å². The van der Waals surface area contributed by atoms with E-state index >= 15 is 0 Å². The van der Waals surface area contributed by atoms with Gasteiger partial charge < -0.3 is 19.3 Å². The van der Waals surface area contributed by atoms with Gasteiger partial charge >= 0.3 is 0 Å². The summed E-state index contributed by atoms with van der Waals surface area (Å²) in [6.45, 7) is 3.27. The first-order valence-electron chi connectivity index (χ1n) is 10.8. The number of aliphatic hydroxyl groups is 1. The monoisotopic (exact) mass is 543 g/mol. The zero-order valence-electron chi connectivity index (χ0n) is 18.4. The fourth-order valence-electron chi connectivity index (χ4n) is 4.02. The third-order valence-corrected chi connectivity index (χ3v) is 6.43. The van der Waals surface area contributed by atoms with Gasteiger partial charge in [-0.2, -0.15) is 0 Å². The molecule has 1 saturated heterocycles. The number of Topliss-reactive ketones (excluding diaryl/α,β-unsaturated/α-hetero) is 1. The maximum absolute atomic E-state index is 13.1. The minimum absolute atomic E-state index is 0.0372. The molecule has 1 N–H and O–H groups in total. The summed E-state index contributed by atoms with van der Waals surface area (Å²) in [6.07, 6.45) is 5.85. The summed E-state index contributed by atoms with van der Waals surface area (Å²) in [4.78, 5) is 31.7. The van der Waals surface area contributed by atoms with Crippen molar-refractivity contribution >= 4 is 45.0 Å². The molecule has 1 aromatic heterocycles. The molecular weight excluding hydrogens is 522 g/mol. The highest BCUT2D eigenvalue weighted by atomic mass is 79.9. The Morgan fingerprint density at radius 1 is 1.18 bits per heavy atom. The van der Waals surface area contributed by atoms with Crippen molar-refractivity contribution in [1.82, 2.24) is 14.5 Å². The average Bonchev–Trinajstić information content (AvgIpc) is 3.43. The first-order valence-corrected chi connectivity index (χ1v) is 12.0. The van der Waals surface area contributed by atoms with Gasteiger partial charge in [0.25, 0.3) is 11.7 Å². The minimum atomic E-state index is -0.724. The number of hydrogen-bond acceptors (Lipinski definition) is 5. The molecule has 1 aliphatic heterocycles. The van der Waals surface area contributed by atoms with E-state index in [-0.39, 0.29) is 11.3 Å². The number of halogens is 2.